The van der Waals surface area contributed by atoms with Gasteiger partial charge in [-0.05, 0) is 42.3 Å². The van der Waals surface area contributed by atoms with Crippen molar-refractivity contribution < 1.29 is 14.3 Å². The van der Waals surface area contributed by atoms with Crippen LogP contribution in [-0.4, -0.2) is 30.6 Å². The Balaban J connectivity index is 0.000000187. The number of aryl methyl sites for hydroxylation is 1. The number of benzene rings is 2. The molecule has 4 aromatic rings. The minimum Gasteiger partial charge on any atom is -0.493 e. The Morgan fingerprint density at radius 2 is 1.90 bits per heavy atom. The molecular weight excluding hydrogens is 398 g/mol. The van der Waals surface area contributed by atoms with Crippen LogP contribution in [0.3, 0.4) is 0 Å². The number of ether oxygens (including phenoxy) is 2. The molecule has 0 saturated carbocycles. The highest BCUT2D eigenvalue weighted by molar-refractivity contribution is 7.21. The summed E-state index contributed by atoms with van der Waals surface area (Å²) in [5, 5.41) is 3.56. The highest BCUT2D eigenvalue weighted by Crippen LogP contribution is 2.30. The molecular formula is C23H23N3O3S. The van der Waals surface area contributed by atoms with Crippen LogP contribution < -0.4 is 14.8 Å². The van der Waals surface area contributed by atoms with E-state index in [4.69, 9.17) is 9.47 Å². The Bertz CT molecular complexity index is 1090. The first-order valence-electron chi connectivity index (χ1n) is 9.40. The van der Waals surface area contributed by atoms with Crippen LogP contribution in [0.1, 0.15) is 12.5 Å². The molecule has 6 nitrogen and oxygen atoms in total. The molecule has 30 heavy (non-hydrogen) atoms. The van der Waals surface area contributed by atoms with Crippen LogP contribution in [0.5, 0.6) is 11.5 Å². The molecule has 0 atom stereocenters. The third-order valence-electron chi connectivity index (χ3n) is 4.38. The van der Waals surface area contributed by atoms with Gasteiger partial charge in [0.05, 0.1) is 24.4 Å². The molecule has 7 heteroatoms. The van der Waals surface area contributed by atoms with Crippen LogP contribution in [0.4, 0.5) is 5.69 Å². The average molecular weight is 422 g/mol. The zero-order chi connectivity index (χ0) is 21.3. The van der Waals surface area contributed by atoms with E-state index in [2.05, 4.69) is 22.2 Å². The summed E-state index contributed by atoms with van der Waals surface area (Å²) in [5.74, 6) is 1.59. The predicted molar refractivity (Wildman–Crippen MR) is 121 cm³/mol. The Kier molecular flexibility index (Phi) is 7.34. The number of methoxy groups -OCH3 is 2. The SMILES string of the molecule is CCc1ccc(OC)c(OC)c1.O=CNc1cccc(-c2nc3ccncc3s2)c1. The fourth-order valence-electron chi connectivity index (χ4n) is 2.81. The first-order valence-corrected chi connectivity index (χ1v) is 10.2. The summed E-state index contributed by atoms with van der Waals surface area (Å²) in [6.07, 6.45) is 5.22. The summed E-state index contributed by atoms with van der Waals surface area (Å²) >= 11 is 1.59. The van der Waals surface area contributed by atoms with Gasteiger partial charge in [-0.1, -0.05) is 25.1 Å². The van der Waals surface area contributed by atoms with Crippen LogP contribution >= 0.6 is 11.3 Å². The van der Waals surface area contributed by atoms with Crippen LogP contribution in [-0.2, 0) is 11.2 Å². The largest absolute Gasteiger partial charge is 0.493 e. The Morgan fingerprint density at radius 3 is 2.60 bits per heavy atom. The van der Waals surface area contributed by atoms with Gasteiger partial charge in [-0.25, -0.2) is 4.98 Å². The van der Waals surface area contributed by atoms with Crippen molar-refractivity contribution in [1.82, 2.24) is 9.97 Å². The molecule has 0 spiro atoms. The van der Waals surface area contributed by atoms with E-state index < -0.39 is 0 Å². The van der Waals surface area contributed by atoms with Gasteiger partial charge in [-0.3, -0.25) is 9.78 Å². The fraction of sp³-hybridized carbons (Fsp3) is 0.174. The van der Waals surface area contributed by atoms with Gasteiger partial charge in [0.1, 0.15) is 5.01 Å². The summed E-state index contributed by atoms with van der Waals surface area (Å²) in [6, 6.07) is 15.5. The number of carbonyl (C=O) groups is 1. The summed E-state index contributed by atoms with van der Waals surface area (Å²) in [4.78, 5) is 19.1. The normalized spacial score (nSPS) is 10.1. The van der Waals surface area contributed by atoms with Crippen molar-refractivity contribution in [3.05, 3.63) is 66.5 Å². The van der Waals surface area contributed by atoms with E-state index in [9.17, 15) is 4.79 Å². The third-order valence-corrected chi connectivity index (χ3v) is 5.44. The molecule has 2 aromatic heterocycles. The third kappa shape index (κ3) is 5.12. The van der Waals surface area contributed by atoms with Crippen molar-refractivity contribution in [2.75, 3.05) is 19.5 Å². The molecule has 0 bridgehead atoms. The van der Waals surface area contributed by atoms with E-state index in [1.54, 1.807) is 31.8 Å². The maximum absolute atomic E-state index is 10.4. The maximum atomic E-state index is 10.4. The number of thiazole rings is 1. The average Bonchev–Trinajstić information content (AvgIpc) is 3.24. The predicted octanol–water partition coefficient (Wildman–Crippen LogP) is 5.19. The van der Waals surface area contributed by atoms with Gasteiger partial charge in [-0.2, -0.15) is 0 Å². The van der Waals surface area contributed by atoms with E-state index in [0.717, 1.165) is 44.4 Å². The summed E-state index contributed by atoms with van der Waals surface area (Å²) in [7, 11) is 3.29. The molecule has 154 valence electrons. The zero-order valence-corrected chi connectivity index (χ0v) is 17.9. The minimum atomic E-state index is 0.668. The molecule has 1 amide bonds. The zero-order valence-electron chi connectivity index (χ0n) is 17.1. The second-order valence-electron chi connectivity index (χ2n) is 6.25. The molecule has 0 fully saturated rings. The molecule has 1 N–H and O–H groups in total. The monoisotopic (exact) mass is 421 g/mol. The molecule has 0 aliphatic carbocycles. The van der Waals surface area contributed by atoms with Crippen LogP contribution in [0.15, 0.2) is 60.9 Å². The smallest absolute Gasteiger partial charge is 0.211 e. The van der Waals surface area contributed by atoms with Crippen molar-refractivity contribution in [2.45, 2.75) is 13.3 Å². The van der Waals surface area contributed by atoms with Gasteiger partial charge < -0.3 is 14.8 Å². The van der Waals surface area contributed by atoms with Crippen molar-refractivity contribution in [2.24, 2.45) is 0 Å². The summed E-state index contributed by atoms with van der Waals surface area (Å²) < 4.78 is 11.3. The first kappa shape index (κ1) is 21.3. The van der Waals surface area contributed by atoms with Crippen LogP contribution in [0.2, 0.25) is 0 Å². The Hall–Kier alpha value is -3.45. The van der Waals surface area contributed by atoms with Crippen molar-refractivity contribution in [3.63, 3.8) is 0 Å². The van der Waals surface area contributed by atoms with Crippen molar-refractivity contribution >= 4 is 33.7 Å². The molecule has 0 aliphatic heterocycles. The number of pyridine rings is 1. The molecule has 0 radical (unpaired) electrons. The summed E-state index contributed by atoms with van der Waals surface area (Å²) in [5.41, 5.74) is 3.95. The van der Waals surface area contributed by atoms with E-state index in [0.29, 0.717) is 6.41 Å². The number of hydrogen-bond acceptors (Lipinski definition) is 6. The second kappa shape index (κ2) is 10.4. The molecule has 0 aliphatic rings. The number of amides is 1. The standard InChI is InChI=1S/C13H9N3OS.C10H14O2/c17-8-15-10-3-1-2-9(6-10)13-16-11-4-5-14-7-12(11)18-13;1-4-8-5-6-9(11-2)10(7-8)12-3/h1-8H,(H,15,17);5-7H,4H2,1-3H3. The maximum Gasteiger partial charge on any atom is 0.211 e. The van der Waals surface area contributed by atoms with Gasteiger partial charge in [0.15, 0.2) is 11.5 Å². The highest BCUT2D eigenvalue weighted by atomic mass is 32.1. The van der Waals surface area contributed by atoms with E-state index in [1.807, 2.05) is 54.7 Å². The number of nitrogens with zero attached hydrogens (tertiary/aromatic N) is 2. The topological polar surface area (TPSA) is 73.3 Å². The summed E-state index contributed by atoms with van der Waals surface area (Å²) in [6.45, 7) is 2.11. The van der Waals surface area contributed by atoms with Crippen LogP contribution in [0.25, 0.3) is 20.8 Å². The lowest BCUT2D eigenvalue weighted by Crippen LogP contribution is -1.93. The van der Waals surface area contributed by atoms with Gasteiger partial charge in [-0.15, -0.1) is 11.3 Å². The number of fused-ring (bicyclic) bond motifs is 1. The lowest BCUT2D eigenvalue weighted by molar-refractivity contribution is -0.105. The number of rotatable bonds is 6. The molecule has 4 rings (SSSR count). The Labute approximate surface area is 179 Å². The van der Waals surface area contributed by atoms with E-state index >= 15 is 0 Å². The minimum absolute atomic E-state index is 0.668. The second-order valence-corrected chi connectivity index (χ2v) is 7.28. The molecule has 0 unspecified atom stereocenters. The molecule has 2 heterocycles. The highest BCUT2D eigenvalue weighted by Gasteiger charge is 2.06. The quantitative estimate of drug-likeness (QED) is 0.434. The van der Waals surface area contributed by atoms with Crippen molar-refractivity contribution in [3.8, 4) is 22.1 Å². The Morgan fingerprint density at radius 1 is 1.07 bits per heavy atom. The lowest BCUT2D eigenvalue weighted by atomic mass is 10.1. The number of hydrogen-bond donors (Lipinski definition) is 1. The number of anilines is 1. The van der Waals surface area contributed by atoms with Gasteiger partial charge in [0.2, 0.25) is 6.41 Å². The lowest BCUT2D eigenvalue weighted by Gasteiger charge is -2.07. The van der Waals surface area contributed by atoms with Crippen molar-refractivity contribution in [1.29, 1.82) is 0 Å². The number of nitrogens with one attached hydrogen (secondary N) is 1. The first-order chi connectivity index (χ1) is 14.7. The van der Waals surface area contributed by atoms with Gasteiger partial charge >= 0.3 is 0 Å². The van der Waals surface area contributed by atoms with Gasteiger partial charge in [0, 0.05) is 23.6 Å². The number of carbonyl (C=O) groups excluding carboxylic acids is 1. The molecule has 2 aromatic carbocycles. The van der Waals surface area contributed by atoms with Crippen LogP contribution in [0, 0.1) is 0 Å². The fourth-order valence-corrected chi connectivity index (χ4v) is 3.74. The van der Waals surface area contributed by atoms with Gasteiger partial charge in [0.25, 0.3) is 0 Å². The molecule has 0 saturated heterocycles. The number of aromatic nitrogens is 2. The van der Waals surface area contributed by atoms with E-state index in [1.165, 1.54) is 5.56 Å². The van der Waals surface area contributed by atoms with E-state index in [-0.39, 0.29) is 0 Å².